The molecule has 2 saturated heterocycles. The van der Waals surface area contributed by atoms with Crippen LogP contribution in [-0.4, -0.2) is 73.5 Å². The summed E-state index contributed by atoms with van der Waals surface area (Å²) >= 11 is 0. The smallest absolute Gasteiger partial charge is 0.258 e. The molecule has 1 spiro atoms. The topological polar surface area (TPSA) is 106 Å². The van der Waals surface area contributed by atoms with Crippen LogP contribution in [0.2, 0.25) is 0 Å². The number of nitrogens with zero attached hydrogens (tertiary/aromatic N) is 7. The summed E-state index contributed by atoms with van der Waals surface area (Å²) in [6, 6.07) is 14.8. The average molecular weight is 689 g/mol. The van der Waals surface area contributed by atoms with E-state index in [2.05, 4.69) is 54.4 Å². The number of likely N-dealkylation sites (tertiary alicyclic amines) is 1. The molecule has 11 heteroatoms. The molecule has 2 aromatic carbocycles. The van der Waals surface area contributed by atoms with E-state index in [-0.39, 0.29) is 34.7 Å². The highest BCUT2D eigenvalue weighted by Gasteiger charge is 2.44. The van der Waals surface area contributed by atoms with Crippen molar-refractivity contribution in [2.45, 2.75) is 72.6 Å². The van der Waals surface area contributed by atoms with Crippen molar-refractivity contribution in [2.24, 2.45) is 5.41 Å². The number of ether oxygens (including phenoxy) is 1. The lowest BCUT2D eigenvalue weighted by Gasteiger charge is -2.31. The second-order valence-corrected chi connectivity index (χ2v) is 14.7. The molecule has 7 rings (SSSR count). The van der Waals surface area contributed by atoms with Crippen LogP contribution in [0.3, 0.4) is 0 Å². The zero-order valence-electron chi connectivity index (χ0n) is 30.0. The molecule has 264 valence electrons. The monoisotopic (exact) mass is 688 g/mol. The molecule has 5 heterocycles. The summed E-state index contributed by atoms with van der Waals surface area (Å²) in [7, 11) is 0. The van der Waals surface area contributed by atoms with Crippen LogP contribution in [0.15, 0.2) is 67.4 Å². The molecule has 0 radical (unpaired) electrons. The van der Waals surface area contributed by atoms with E-state index in [0.717, 1.165) is 62.0 Å². The fourth-order valence-corrected chi connectivity index (χ4v) is 8.15. The summed E-state index contributed by atoms with van der Waals surface area (Å²) in [4.78, 5) is 32.2. The van der Waals surface area contributed by atoms with Gasteiger partial charge in [0.2, 0.25) is 0 Å². The Balaban J connectivity index is 1.07. The number of H-pyrrole nitrogens is 1. The Morgan fingerprint density at radius 2 is 1.86 bits per heavy atom. The van der Waals surface area contributed by atoms with Gasteiger partial charge in [0.25, 0.3) is 5.91 Å². The third-order valence-corrected chi connectivity index (χ3v) is 10.6. The summed E-state index contributed by atoms with van der Waals surface area (Å²) in [5.74, 6) is 0.608. The number of hydrogen-bond donors (Lipinski definition) is 1. The lowest BCUT2D eigenvalue weighted by Crippen LogP contribution is -2.42. The molecule has 2 aliphatic rings. The van der Waals surface area contributed by atoms with Gasteiger partial charge >= 0.3 is 0 Å². The largest absolute Gasteiger partial charge is 0.451 e. The maximum Gasteiger partial charge on any atom is 0.258 e. The van der Waals surface area contributed by atoms with Crippen LogP contribution in [0, 0.1) is 29.5 Å². The van der Waals surface area contributed by atoms with Crippen molar-refractivity contribution in [3.05, 3.63) is 101 Å². The number of carbonyl (C=O) groups is 1. The van der Waals surface area contributed by atoms with E-state index in [1.165, 1.54) is 35.7 Å². The van der Waals surface area contributed by atoms with E-state index in [1.54, 1.807) is 11.1 Å². The Kier molecular flexibility index (Phi) is 9.29. The van der Waals surface area contributed by atoms with Crippen LogP contribution in [0.1, 0.15) is 73.3 Å². The van der Waals surface area contributed by atoms with E-state index >= 15 is 0 Å². The number of aromatic amines is 1. The van der Waals surface area contributed by atoms with Gasteiger partial charge in [-0.05, 0) is 107 Å². The Morgan fingerprint density at radius 1 is 1.06 bits per heavy atom. The van der Waals surface area contributed by atoms with Gasteiger partial charge in [0, 0.05) is 67.0 Å². The lowest BCUT2D eigenvalue weighted by molar-refractivity contribution is 0.0640. The second kappa shape index (κ2) is 13.8. The second-order valence-electron chi connectivity index (χ2n) is 14.7. The third-order valence-electron chi connectivity index (χ3n) is 10.6. The van der Waals surface area contributed by atoms with Gasteiger partial charge in [-0.25, -0.2) is 14.4 Å². The molecule has 10 nitrogen and oxygen atoms in total. The summed E-state index contributed by atoms with van der Waals surface area (Å²) in [6.45, 7) is 15.1. The zero-order chi connectivity index (χ0) is 35.9. The third kappa shape index (κ3) is 6.68. The quantitative estimate of drug-likeness (QED) is 0.164. The molecule has 3 aromatic heterocycles. The van der Waals surface area contributed by atoms with Gasteiger partial charge in [0.15, 0.2) is 11.6 Å². The molecule has 2 aliphatic heterocycles. The molecular weight excluding hydrogens is 643 g/mol. The van der Waals surface area contributed by atoms with Gasteiger partial charge in [-0.1, -0.05) is 6.07 Å². The molecule has 1 N–H and O–H groups in total. The van der Waals surface area contributed by atoms with Gasteiger partial charge in [0.05, 0.1) is 18.3 Å². The van der Waals surface area contributed by atoms with Crippen molar-refractivity contribution in [3.63, 3.8) is 0 Å². The molecule has 51 heavy (non-hydrogen) atoms. The van der Waals surface area contributed by atoms with Crippen LogP contribution in [0.4, 0.5) is 10.2 Å². The van der Waals surface area contributed by atoms with Crippen molar-refractivity contribution in [1.29, 1.82) is 5.26 Å². The van der Waals surface area contributed by atoms with Gasteiger partial charge in [0.1, 0.15) is 29.7 Å². The van der Waals surface area contributed by atoms with Crippen molar-refractivity contribution in [1.82, 2.24) is 29.3 Å². The number of aromatic nitrogens is 4. The first-order chi connectivity index (χ1) is 24.6. The number of nitrogens with one attached hydrogen (secondary N) is 1. The Hall–Kier alpha value is -5.21. The van der Waals surface area contributed by atoms with Gasteiger partial charge < -0.3 is 24.1 Å². The number of anilines is 1. The summed E-state index contributed by atoms with van der Waals surface area (Å²) in [5, 5.41) is 11.0. The van der Waals surface area contributed by atoms with E-state index in [9.17, 15) is 14.4 Å². The number of hydrogen-bond acceptors (Lipinski definition) is 7. The van der Waals surface area contributed by atoms with Crippen molar-refractivity contribution < 1.29 is 13.9 Å². The van der Waals surface area contributed by atoms with Crippen LogP contribution in [-0.2, 0) is 13.1 Å². The summed E-state index contributed by atoms with van der Waals surface area (Å²) in [5.41, 5.74) is 5.66. The highest BCUT2D eigenvalue weighted by molar-refractivity contribution is 5.97. The number of aryl methyl sites for hydroxylation is 1. The Labute approximate surface area is 298 Å². The molecule has 5 aromatic rings. The molecule has 0 bridgehead atoms. The molecule has 0 saturated carbocycles. The first-order valence-corrected chi connectivity index (χ1v) is 17.8. The minimum absolute atomic E-state index is 0.0682. The maximum absolute atomic E-state index is 14.5. The highest BCUT2D eigenvalue weighted by atomic mass is 19.1. The lowest BCUT2D eigenvalue weighted by atomic mass is 9.86. The standard InChI is InChI=1S/C40H45FN8O2/c1-26(2)49(27(3)4)39(50)34-16-31(41)7-9-36(34)51-37-20-44-25-45-38(37)47-15-12-40(24-47)11-14-46(23-40)22-30-6-8-35-33(28(30)5)17-32(18-42)48(35)21-29-10-13-43-19-29/h6-10,13,16-17,19-20,25-27,43H,11-12,14-15,21-24H2,1-5H3. The normalized spacial score (nSPS) is 17.7. The molecule has 1 atom stereocenters. The summed E-state index contributed by atoms with van der Waals surface area (Å²) < 4.78 is 23.0. The van der Waals surface area contributed by atoms with Crippen LogP contribution < -0.4 is 9.64 Å². The van der Waals surface area contributed by atoms with Gasteiger partial charge in [-0.2, -0.15) is 5.26 Å². The Morgan fingerprint density at radius 3 is 2.61 bits per heavy atom. The highest BCUT2D eigenvalue weighted by Crippen LogP contribution is 2.44. The number of rotatable bonds is 10. The molecule has 1 unspecified atom stereocenters. The number of halogens is 1. The van der Waals surface area contributed by atoms with Crippen molar-refractivity contribution >= 4 is 22.6 Å². The maximum atomic E-state index is 14.5. The average Bonchev–Trinajstić information content (AvgIpc) is 3.92. The number of benzene rings is 2. The minimum atomic E-state index is -0.497. The Bertz CT molecular complexity index is 2090. The number of nitriles is 1. The van der Waals surface area contributed by atoms with Crippen LogP contribution in [0.25, 0.3) is 10.9 Å². The summed E-state index contributed by atoms with van der Waals surface area (Å²) in [6.07, 6.45) is 9.12. The number of amides is 1. The van der Waals surface area contributed by atoms with E-state index in [1.807, 2.05) is 52.2 Å². The SMILES string of the molecule is Cc1c(CN2CCC3(CCN(c4ncncc4Oc4ccc(F)cc4C(=O)N(C(C)C)C(C)C)C3)C2)ccc2c1cc(C#N)n2Cc1cc[nH]c1. The van der Waals surface area contributed by atoms with Crippen molar-refractivity contribution in [2.75, 3.05) is 31.1 Å². The predicted octanol–water partition coefficient (Wildman–Crippen LogP) is 7.28. The zero-order valence-corrected chi connectivity index (χ0v) is 30.0. The first-order valence-electron chi connectivity index (χ1n) is 17.8. The molecule has 1 amide bonds. The fraction of sp³-hybridized carbons (Fsp3) is 0.400. The molecule has 2 fully saturated rings. The van der Waals surface area contributed by atoms with Crippen LogP contribution in [0.5, 0.6) is 11.5 Å². The van der Waals surface area contributed by atoms with Gasteiger partial charge in [-0.15, -0.1) is 0 Å². The van der Waals surface area contributed by atoms with E-state index < -0.39 is 5.82 Å². The van der Waals surface area contributed by atoms with Gasteiger partial charge in [-0.3, -0.25) is 9.69 Å². The van der Waals surface area contributed by atoms with E-state index in [4.69, 9.17) is 4.74 Å². The van der Waals surface area contributed by atoms with Crippen LogP contribution >= 0.6 is 0 Å². The number of fused-ring (bicyclic) bond motifs is 1. The molecular formula is C40H45FN8O2. The minimum Gasteiger partial charge on any atom is -0.451 e. The van der Waals surface area contributed by atoms with E-state index in [0.29, 0.717) is 23.8 Å². The van der Waals surface area contributed by atoms with Crippen molar-refractivity contribution in [3.8, 4) is 17.6 Å². The fourth-order valence-electron chi connectivity index (χ4n) is 8.15. The first kappa shape index (κ1) is 34.2. The molecule has 0 aliphatic carbocycles. The predicted molar refractivity (Wildman–Crippen MR) is 195 cm³/mol. The number of carbonyl (C=O) groups excluding carboxylic acids is 1.